The summed E-state index contributed by atoms with van der Waals surface area (Å²) in [6.45, 7) is 0.620. The third-order valence-electron chi connectivity index (χ3n) is 6.99. The summed E-state index contributed by atoms with van der Waals surface area (Å²) in [5, 5.41) is 19.0. The Hall–Kier alpha value is -4.63. The molecule has 192 valence electrons. The summed E-state index contributed by atoms with van der Waals surface area (Å²) in [6.07, 6.45) is 1.90. The highest BCUT2D eigenvalue weighted by molar-refractivity contribution is 7.22. The van der Waals surface area contributed by atoms with Crippen molar-refractivity contribution < 1.29 is 9.13 Å². The largest absolute Gasteiger partial charge is 0.491 e. The first-order valence-electron chi connectivity index (χ1n) is 12.7. The lowest BCUT2D eigenvalue weighted by molar-refractivity contribution is 0.318. The fourth-order valence-corrected chi connectivity index (χ4v) is 6.14. The van der Waals surface area contributed by atoms with Crippen LogP contribution < -0.4 is 10.1 Å². The number of nitrogens with one attached hydrogen (secondary N) is 2. The summed E-state index contributed by atoms with van der Waals surface area (Å²) >= 11 is 1.41. The van der Waals surface area contributed by atoms with Gasteiger partial charge in [0.1, 0.15) is 11.6 Å². The Morgan fingerprint density at radius 1 is 0.949 bits per heavy atom. The van der Waals surface area contributed by atoms with E-state index in [0.29, 0.717) is 17.6 Å². The number of H-pyrrole nitrogens is 1. The first kappa shape index (κ1) is 23.5. The summed E-state index contributed by atoms with van der Waals surface area (Å²) < 4.78 is 21.1. The van der Waals surface area contributed by atoms with E-state index in [9.17, 15) is 4.39 Å². The lowest BCUT2D eigenvalue weighted by Gasteiger charge is -2.22. The highest BCUT2D eigenvalue weighted by Gasteiger charge is 2.26. The van der Waals surface area contributed by atoms with Crippen LogP contribution >= 0.6 is 11.3 Å². The van der Waals surface area contributed by atoms with Crippen molar-refractivity contribution in [1.82, 2.24) is 25.6 Å². The van der Waals surface area contributed by atoms with Crippen molar-refractivity contribution in [2.45, 2.75) is 18.8 Å². The van der Waals surface area contributed by atoms with Gasteiger partial charge in [-0.25, -0.2) is 9.37 Å². The van der Waals surface area contributed by atoms with Gasteiger partial charge in [0.25, 0.3) is 0 Å². The fourth-order valence-electron chi connectivity index (χ4n) is 5.24. The monoisotopic (exact) mass is 534 g/mol. The molecule has 1 aliphatic heterocycles. The van der Waals surface area contributed by atoms with Crippen molar-refractivity contribution >= 4 is 32.4 Å². The zero-order chi connectivity index (χ0) is 26.2. The van der Waals surface area contributed by atoms with Gasteiger partial charge >= 0.3 is 0 Å². The smallest absolute Gasteiger partial charge is 0.205 e. The van der Waals surface area contributed by atoms with Gasteiger partial charge in [-0.3, -0.25) is 0 Å². The van der Waals surface area contributed by atoms with E-state index in [1.165, 1.54) is 29.0 Å². The minimum Gasteiger partial charge on any atom is -0.491 e. The van der Waals surface area contributed by atoms with E-state index in [-0.39, 0.29) is 11.7 Å². The van der Waals surface area contributed by atoms with Crippen LogP contribution in [0.15, 0.2) is 84.9 Å². The van der Waals surface area contributed by atoms with E-state index in [1.54, 1.807) is 6.07 Å². The van der Waals surface area contributed by atoms with Crippen molar-refractivity contribution in [2.75, 3.05) is 11.9 Å². The predicted octanol–water partition coefficient (Wildman–Crippen LogP) is 7.33. The second-order valence-electron chi connectivity index (χ2n) is 9.43. The van der Waals surface area contributed by atoms with Crippen LogP contribution in [0.1, 0.15) is 29.9 Å². The molecule has 1 unspecified atom stereocenters. The highest BCUT2D eigenvalue weighted by Crippen LogP contribution is 2.46. The molecule has 0 fully saturated rings. The van der Waals surface area contributed by atoms with E-state index in [2.05, 4.69) is 68.4 Å². The molecule has 2 aromatic heterocycles. The Morgan fingerprint density at radius 2 is 1.79 bits per heavy atom. The number of benzene rings is 4. The van der Waals surface area contributed by atoms with Gasteiger partial charge in [-0.15, -0.1) is 10.2 Å². The van der Waals surface area contributed by atoms with Crippen LogP contribution in [0.2, 0.25) is 0 Å². The van der Waals surface area contributed by atoms with Crippen molar-refractivity contribution in [1.29, 1.82) is 0 Å². The van der Waals surface area contributed by atoms with Crippen molar-refractivity contribution in [3.8, 4) is 28.3 Å². The lowest BCUT2D eigenvalue weighted by Crippen LogP contribution is -2.04. The van der Waals surface area contributed by atoms with Gasteiger partial charge in [0, 0.05) is 17.0 Å². The van der Waals surface area contributed by atoms with E-state index < -0.39 is 0 Å². The first-order valence-corrected chi connectivity index (χ1v) is 13.6. The number of rotatable bonds is 5. The number of tetrazole rings is 1. The van der Waals surface area contributed by atoms with E-state index in [0.717, 1.165) is 56.7 Å². The van der Waals surface area contributed by atoms with E-state index in [4.69, 9.17) is 9.72 Å². The van der Waals surface area contributed by atoms with Crippen LogP contribution in [-0.2, 0) is 0 Å². The molecule has 0 aliphatic carbocycles. The molecule has 1 aliphatic rings. The maximum absolute atomic E-state index is 13.9. The average Bonchev–Trinajstić information content (AvgIpc) is 3.59. The van der Waals surface area contributed by atoms with Gasteiger partial charge in [0.05, 0.1) is 22.5 Å². The van der Waals surface area contributed by atoms with Gasteiger partial charge < -0.3 is 10.1 Å². The quantitative estimate of drug-likeness (QED) is 0.241. The number of anilines is 2. The second-order valence-corrected chi connectivity index (χ2v) is 10.5. The molecule has 0 saturated heterocycles. The summed E-state index contributed by atoms with van der Waals surface area (Å²) in [7, 11) is 0. The minimum atomic E-state index is -0.277. The van der Waals surface area contributed by atoms with E-state index in [1.807, 2.05) is 24.3 Å². The van der Waals surface area contributed by atoms with Gasteiger partial charge in [0.2, 0.25) is 5.82 Å². The number of hydrogen-bond donors (Lipinski definition) is 2. The van der Waals surface area contributed by atoms with Crippen LogP contribution in [0.5, 0.6) is 5.75 Å². The molecule has 9 heteroatoms. The molecule has 0 radical (unpaired) electrons. The zero-order valence-electron chi connectivity index (χ0n) is 20.8. The lowest BCUT2D eigenvalue weighted by atomic mass is 9.85. The molecule has 7 nitrogen and oxygen atoms in total. The number of aromatic nitrogens is 5. The predicted molar refractivity (Wildman–Crippen MR) is 151 cm³/mol. The van der Waals surface area contributed by atoms with Gasteiger partial charge in [-0.2, -0.15) is 5.21 Å². The van der Waals surface area contributed by atoms with Gasteiger partial charge in [-0.1, -0.05) is 65.9 Å². The van der Waals surface area contributed by atoms with Crippen molar-refractivity contribution in [3.05, 3.63) is 102 Å². The standard InChI is InChI=1S/C30H23FN6OS/c31-20-12-13-25-27(17-20)39-30(32-25)33-26-16-19(22-9-4-5-10-23(22)29-34-36-37-35-29)15-24-21(11-6-14-38-28(24)26)18-7-2-1-3-8-18/h1-5,7-10,12-13,15-17,21H,6,11,14H2,(H,32,33)(H,34,35,36,37). The number of fused-ring (bicyclic) bond motifs is 2. The molecule has 0 bridgehead atoms. The Balaban J connectivity index is 1.42. The molecule has 39 heavy (non-hydrogen) atoms. The number of hydrogen-bond acceptors (Lipinski definition) is 7. The van der Waals surface area contributed by atoms with Gasteiger partial charge in [-0.05, 0) is 65.1 Å². The molecule has 0 spiro atoms. The summed E-state index contributed by atoms with van der Waals surface area (Å²) in [6, 6.07) is 27.5. The number of aromatic amines is 1. The Kier molecular flexibility index (Phi) is 5.97. The van der Waals surface area contributed by atoms with Crippen LogP contribution in [-0.4, -0.2) is 32.2 Å². The number of nitrogens with zero attached hydrogens (tertiary/aromatic N) is 4. The molecule has 4 aromatic carbocycles. The van der Waals surface area contributed by atoms with Crippen LogP contribution in [0, 0.1) is 5.82 Å². The molecule has 2 N–H and O–H groups in total. The molecule has 0 saturated carbocycles. The van der Waals surface area contributed by atoms with Gasteiger partial charge in [0.15, 0.2) is 5.13 Å². The molecule has 1 atom stereocenters. The highest BCUT2D eigenvalue weighted by atomic mass is 32.1. The zero-order valence-corrected chi connectivity index (χ0v) is 21.6. The number of thiazole rings is 1. The Bertz CT molecular complexity index is 1770. The third-order valence-corrected chi connectivity index (χ3v) is 7.93. The molecule has 3 heterocycles. The second kappa shape index (κ2) is 9.92. The normalized spacial score (nSPS) is 14.9. The molecular formula is C30H23FN6OS. The Labute approximate surface area is 227 Å². The summed E-state index contributed by atoms with van der Waals surface area (Å²) in [4.78, 5) is 4.71. The molecule has 7 rings (SSSR count). The SMILES string of the molecule is Fc1ccc2nc(Nc3cc(-c4ccccc4-c4nn[nH]n4)cc4c3OCCCC4c3ccccc3)sc2c1. The first-order chi connectivity index (χ1) is 19.2. The van der Waals surface area contributed by atoms with Crippen LogP contribution in [0.3, 0.4) is 0 Å². The fraction of sp³-hybridized carbons (Fsp3) is 0.133. The summed E-state index contributed by atoms with van der Waals surface area (Å²) in [5.41, 5.74) is 6.76. The van der Waals surface area contributed by atoms with Crippen LogP contribution in [0.25, 0.3) is 32.7 Å². The third kappa shape index (κ3) is 4.51. The molecular weight excluding hydrogens is 511 g/mol. The Morgan fingerprint density at radius 3 is 2.64 bits per heavy atom. The maximum atomic E-state index is 13.9. The number of ether oxygens (including phenoxy) is 1. The molecule has 6 aromatic rings. The summed E-state index contributed by atoms with van der Waals surface area (Å²) in [5.74, 6) is 1.22. The maximum Gasteiger partial charge on any atom is 0.205 e. The van der Waals surface area contributed by atoms with Crippen molar-refractivity contribution in [2.24, 2.45) is 0 Å². The number of halogens is 1. The average molecular weight is 535 g/mol. The van der Waals surface area contributed by atoms with Crippen molar-refractivity contribution in [3.63, 3.8) is 0 Å². The van der Waals surface area contributed by atoms with Crippen LogP contribution in [0.4, 0.5) is 15.2 Å². The topological polar surface area (TPSA) is 88.6 Å². The molecule has 0 amide bonds. The van der Waals surface area contributed by atoms with E-state index >= 15 is 0 Å². The minimum absolute atomic E-state index is 0.158.